The summed E-state index contributed by atoms with van der Waals surface area (Å²) in [5.41, 5.74) is 0.880. The molecular weight excluding hydrogens is 350 g/mol. The van der Waals surface area contributed by atoms with Gasteiger partial charge in [-0.3, -0.25) is 4.79 Å². The fourth-order valence-corrected chi connectivity index (χ4v) is 2.00. The summed E-state index contributed by atoms with van der Waals surface area (Å²) in [5.74, 6) is -1.05. The highest BCUT2D eigenvalue weighted by Crippen LogP contribution is 2.11. The molecule has 1 amide bonds. The third-order valence-electron chi connectivity index (χ3n) is 3.41. The summed E-state index contributed by atoms with van der Waals surface area (Å²) in [4.78, 5) is 35.2. The molecule has 0 spiro atoms. The SMILES string of the molecule is CCCCOC(=O)c1ccc(NC(=O)COC(=O)/C=C/c2ccco2)cc1. The van der Waals surface area contributed by atoms with Gasteiger partial charge < -0.3 is 19.2 Å². The molecule has 2 rings (SSSR count). The quantitative estimate of drug-likeness (QED) is 0.412. The van der Waals surface area contributed by atoms with Gasteiger partial charge in [-0.15, -0.1) is 0 Å². The second-order valence-corrected chi connectivity index (χ2v) is 5.57. The summed E-state index contributed by atoms with van der Waals surface area (Å²) < 4.78 is 15.0. The van der Waals surface area contributed by atoms with E-state index in [0.29, 0.717) is 23.6 Å². The van der Waals surface area contributed by atoms with Gasteiger partial charge in [0.2, 0.25) is 0 Å². The molecule has 0 radical (unpaired) electrons. The molecule has 142 valence electrons. The zero-order chi connectivity index (χ0) is 19.5. The van der Waals surface area contributed by atoms with Crippen molar-refractivity contribution in [3.63, 3.8) is 0 Å². The number of nitrogens with one attached hydrogen (secondary N) is 1. The van der Waals surface area contributed by atoms with E-state index in [1.165, 1.54) is 18.4 Å². The molecule has 27 heavy (non-hydrogen) atoms. The van der Waals surface area contributed by atoms with E-state index in [4.69, 9.17) is 13.9 Å². The molecule has 0 saturated heterocycles. The smallest absolute Gasteiger partial charge is 0.338 e. The number of furan rings is 1. The molecule has 0 atom stereocenters. The van der Waals surface area contributed by atoms with Gasteiger partial charge in [0.1, 0.15) is 5.76 Å². The average molecular weight is 371 g/mol. The molecule has 1 heterocycles. The molecule has 0 fully saturated rings. The molecule has 0 aliphatic heterocycles. The third kappa shape index (κ3) is 7.19. The summed E-state index contributed by atoms with van der Waals surface area (Å²) in [6.07, 6.45) is 5.86. The largest absolute Gasteiger partial charge is 0.465 e. The summed E-state index contributed by atoms with van der Waals surface area (Å²) in [6.45, 7) is 1.97. The highest BCUT2D eigenvalue weighted by Gasteiger charge is 2.09. The van der Waals surface area contributed by atoms with Gasteiger partial charge in [0.15, 0.2) is 6.61 Å². The Labute approximate surface area is 157 Å². The van der Waals surface area contributed by atoms with Crippen LogP contribution >= 0.6 is 0 Å². The van der Waals surface area contributed by atoms with Gasteiger partial charge in [-0.1, -0.05) is 13.3 Å². The lowest BCUT2D eigenvalue weighted by Gasteiger charge is -2.07. The number of benzene rings is 1. The lowest BCUT2D eigenvalue weighted by molar-refractivity contribution is -0.142. The Morgan fingerprint density at radius 2 is 1.89 bits per heavy atom. The van der Waals surface area contributed by atoms with Gasteiger partial charge in [0.25, 0.3) is 5.91 Å². The van der Waals surface area contributed by atoms with Crippen LogP contribution in [-0.4, -0.2) is 31.1 Å². The van der Waals surface area contributed by atoms with E-state index < -0.39 is 24.5 Å². The van der Waals surface area contributed by atoms with Crippen molar-refractivity contribution in [3.8, 4) is 0 Å². The maximum absolute atomic E-state index is 11.8. The van der Waals surface area contributed by atoms with Crippen LogP contribution in [0.5, 0.6) is 0 Å². The Balaban J connectivity index is 1.75. The molecule has 2 aromatic rings. The Kier molecular flexibility index (Phi) is 7.84. The number of amides is 1. The predicted octanol–water partition coefficient (Wildman–Crippen LogP) is 3.43. The Morgan fingerprint density at radius 3 is 2.56 bits per heavy atom. The normalized spacial score (nSPS) is 10.6. The first-order chi connectivity index (χ1) is 13.1. The summed E-state index contributed by atoms with van der Waals surface area (Å²) in [6, 6.07) is 9.64. The number of anilines is 1. The Hall–Kier alpha value is -3.35. The van der Waals surface area contributed by atoms with E-state index in [0.717, 1.165) is 12.8 Å². The fraction of sp³-hybridized carbons (Fsp3) is 0.250. The van der Waals surface area contributed by atoms with Crippen molar-refractivity contribution >= 4 is 29.6 Å². The van der Waals surface area contributed by atoms with E-state index in [9.17, 15) is 14.4 Å². The van der Waals surface area contributed by atoms with E-state index in [1.54, 1.807) is 36.4 Å². The van der Waals surface area contributed by atoms with Crippen molar-refractivity contribution in [2.75, 3.05) is 18.5 Å². The molecule has 1 aromatic heterocycles. The molecule has 7 nitrogen and oxygen atoms in total. The van der Waals surface area contributed by atoms with Crippen molar-refractivity contribution in [2.24, 2.45) is 0 Å². The van der Waals surface area contributed by atoms with Crippen LogP contribution in [0.2, 0.25) is 0 Å². The molecule has 0 unspecified atom stereocenters. The van der Waals surface area contributed by atoms with Gasteiger partial charge in [-0.2, -0.15) is 0 Å². The standard InChI is InChI=1S/C20H21NO6/c1-2-3-12-26-20(24)15-6-8-16(9-7-15)21-18(22)14-27-19(23)11-10-17-5-4-13-25-17/h4-11,13H,2-3,12,14H2,1H3,(H,21,22)/b11-10+. The number of ether oxygens (including phenoxy) is 2. The van der Waals surface area contributed by atoms with Crippen LogP contribution in [0.25, 0.3) is 6.08 Å². The number of hydrogen-bond acceptors (Lipinski definition) is 6. The fourth-order valence-electron chi connectivity index (χ4n) is 2.00. The predicted molar refractivity (Wildman–Crippen MR) is 99.0 cm³/mol. The lowest BCUT2D eigenvalue weighted by atomic mass is 10.2. The molecule has 0 bridgehead atoms. The second kappa shape index (κ2) is 10.6. The zero-order valence-electron chi connectivity index (χ0n) is 15.0. The Bertz CT molecular complexity index is 777. The summed E-state index contributed by atoms with van der Waals surface area (Å²) >= 11 is 0. The van der Waals surface area contributed by atoms with Crippen molar-refractivity contribution in [2.45, 2.75) is 19.8 Å². The van der Waals surface area contributed by atoms with Crippen LogP contribution in [0.1, 0.15) is 35.9 Å². The van der Waals surface area contributed by atoms with Crippen molar-refractivity contribution in [3.05, 3.63) is 60.1 Å². The monoisotopic (exact) mass is 371 g/mol. The van der Waals surface area contributed by atoms with Gasteiger partial charge in [0, 0.05) is 11.8 Å². The minimum Gasteiger partial charge on any atom is -0.465 e. The average Bonchev–Trinajstić information content (AvgIpc) is 3.19. The van der Waals surface area contributed by atoms with Crippen LogP contribution < -0.4 is 5.32 Å². The minimum atomic E-state index is -0.660. The van der Waals surface area contributed by atoms with Crippen LogP contribution in [0.4, 0.5) is 5.69 Å². The molecule has 1 aromatic carbocycles. The Morgan fingerprint density at radius 1 is 1.11 bits per heavy atom. The first-order valence-electron chi connectivity index (χ1n) is 8.54. The number of rotatable bonds is 9. The first kappa shape index (κ1) is 20.0. The maximum Gasteiger partial charge on any atom is 0.338 e. The molecule has 0 aliphatic carbocycles. The van der Waals surface area contributed by atoms with E-state index >= 15 is 0 Å². The number of carbonyl (C=O) groups excluding carboxylic acids is 3. The maximum atomic E-state index is 11.8. The van der Waals surface area contributed by atoms with Crippen molar-refractivity contribution in [1.29, 1.82) is 0 Å². The molecular formula is C20H21NO6. The van der Waals surface area contributed by atoms with Gasteiger partial charge in [0.05, 0.1) is 18.4 Å². The zero-order valence-corrected chi connectivity index (χ0v) is 15.0. The first-order valence-corrected chi connectivity index (χ1v) is 8.54. The molecule has 7 heteroatoms. The minimum absolute atomic E-state index is 0.382. The molecule has 1 N–H and O–H groups in total. The van der Waals surface area contributed by atoms with Crippen LogP contribution in [0.15, 0.2) is 53.2 Å². The van der Waals surface area contributed by atoms with Crippen molar-refractivity contribution in [1.82, 2.24) is 0 Å². The van der Waals surface area contributed by atoms with Crippen LogP contribution in [-0.2, 0) is 19.1 Å². The lowest BCUT2D eigenvalue weighted by Crippen LogP contribution is -2.20. The number of esters is 2. The van der Waals surface area contributed by atoms with E-state index in [1.807, 2.05) is 6.92 Å². The molecule has 0 aliphatic rings. The highest BCUT2D eigenvalue weighted by atomic mass is 16.5. The highest BCUT2D eigenvalue weighted by molar-refractivity contribution is 5.95. The van der Waals surface area contributed by atoms with Gasteiger partial charge in [-0.05, 0) is 48.9 Å². The molecule has 0 saturated carbocycles. The number of carbonyl (C=O) groups is 3. The second-order valence-electron chi connectivity index (χ2n) is 5.57. The van der Waals surface area contributed by atoms with E-state index in [2.05, 4.69) is 5.32 Å². The number of hydrogen-bond donors (Lipinski definition) is 1. The van der Waals surface area contributed by atoms with Crippen LogP contribution in [0.3, 0.4) is 0 Å². The summed E-state index contributed by atoms with van der Waals surface area (Å²) in [7, 11) is 0. The van der Waals surface area contributed by atoms with Gasteiger partial charge in [-0.25, -0.2) is 9.59 Å². The topological polar surface area (TPSA) is 94.8 Å². The summed E-state index contributed by atoms with van der Waals surface area (Å²) in [5, 5.41) is 2.57. The van der Waals surface area contributed by atoms with Gasteiger partial charge >= 0.3 is 11.9 Å². The number of unbranched alkanes of at least 4 members (excludes halogenated alkanes) is 1. The third-order valence-corrected chi connectivity index (χ3v) is 3.41. The van der Waals surface area contributed by atoms with Crippen molar-refractivity contribution < 1.29 is 28.3 Å². The van der Waals surface area contributed by atoms with E-state index in [-0.39, 0.29) is 0 Å². The van der Waals surface area contributed by atoms with Crippen LogP contribution in [0, 0.1) is 0 Å².